The molecular weight excluding hydrogens is 420 g/mol. The van der Waals surface area contributed by atoms with Gasteiger partial charge in [0.2, 0.25) is 6.41 Å². The van der Waals surface area contributed by atoms with Gasteiger partial charge in [-0.3, -0.25) is 19.8 Å². The first-order valence-electron chi connectivity index (χ1n) is 11.0. The molecule has 8 nitrogen and oxygen atoms in total. The number of carbonyl (C=O) groups excluding carboxylic acids is 3. The number of fused-ring (bicyclic) bond motifs is 1. The number of imide groups is 1. The van der Waals surface area contributed by atoms with Crippen LogP contribution in [0, 0.1) is 6.92 Å². The van der Waals surface area contributed by atoms with Gasteiger partial charge in [0, 0.05) is 18.0 Å². The van der Waals surface area contributed by atoms with Gasteiger partial charge in [0.05, 0.1) is 17.9 Å². The molecule has 172 valence electrons. The zero-order chi connectivity index (χ0) is 23.8. The zero-order valence-corrected chi connectivity index (χ0v) is 19.3. The van der Waals surface area contributed by atoms with E-state index in [2.05, 4.69) is 10.3 Å². The lowest BCUT2D eigenvalue weighted by atomic mass is 10.1. The van der Waals surface area contributed by atoms with Crippen molar-refractivity contribution >= 4 is 29.7 Å². The lowest BCUT2D eigenvalue weighted by molar-refractivity contribution is -0.116. The minimum absolute atomic E-state index is 0.0169. The van der Waals surface area contributed by atoms with Crippen LogP contribution in [0.4, 0.5) is 10.5 Å². The number of aromatic nitrogens is 2. The molecule has 3 aromatic rings. The third-order valence-electron chi connectivity index (χ3n) is 5.40. The summed E-state index contributed by atoms with van der Waals surface area (Å²) in [5, 5.41) is 2.81. The number of benzene rings is 1. The predicted molar refractivity (Wildman–Crippen MR) is 124 cm³/mol. The Labute approximate surface area is 192 Å². The first-order chi connectivity index (χ1) is 15.6. The van der Waals surface area contributed by atoms with Gasteiger partial charge in [0.25, 0.3) is 5.91 Å². The molecule has 3 amide bonds. The average Bonchev–Trinajstić information content (AvgIpc) is 3.50. The van der Waals surface area contributed by atoms with Crippen LogP contribution >= 0.6 is 0 Å². The van der Waals surface area contributed by atoms with Gasteiger partial charge in [-0.15, -0.1) is 0 Å². The van der Waals surface area contributed by atoms with Crippen LogP contribution in [0.5, 0.6) is 0 Å². The first kappa shape index (κ1) is 22.5. The molecule has 1 aliphatic rings. The molecule has 0 aliphatic heterocycles. The molecule has 0 saturated heterocycles. The average molecular weight is 449 g/mol. The molecule has 0 unspecified atom stereocenters. The highest BCUT2D eigenvalue weighted by Gasteiger charge is 2.26. The molecular formula is C25H28N4O4. The number of imidazole rings is 1. The Hall–Kier alpha value is -3.68. The van der Waals surface area contributed by atoms with Crippen LogP contribution in [-0.4, -0.2) is 38.3 Å². The molecule has 1 aliphatic carbocycles. The Bertz CT molecular complexity index is 1220. The third-order valence-corrected chi connectivity index (χ3v) is 5.40. The predicted octanol–water partition coefficient (Wildman–Crippen LogP) is 4.67. The van der Waals surface area contributed by atoms with Crippen molar-refractivity contribution in [2.75, 3.05) is 5.32 Å². The summed E-state index contributed by atoms with van der Waals surface area (Å²) >= 11 is 0. The molecule has 8 heteroatoms. The van der Waals surface area contributed by atoms with Crippen molar-refractivity contribution in [2.45, 2.75) is 58.6 Å². The van der Waals surface area contributed by atoms with Crippen molar-refractivity contribution in [3.8, 4) is 0 Å². The second kappa shape index (κ2) is 8.69. The molecule has 1 N–H and O–H groups in total. The van der Waals surface area contributed by atoms with Crippen LogP contribution < -0.4 is 5.32 Å². The lowest BCUT2D eigenvalue weighted by Gasteiger charge is -2.20. The van der Waals surface area contributed by atoms with Gasteiger partial charge < -0.3 is 9.14 Å². The van der Waals surface area contributed by atoms with E-state index in [1.165, 1.54) is 0 Å². The van der Waals surface area contributed by atoms with Crippen molar-refractivity contribution in [3.63, 3.8) is 0 Å². The van der Waals surface area contributed by atoms with Gasteiger partial charge in [-0.25, -0.2) is 9.78 Å². The second-order valence-electron chi connectivity index (χ2n) is 9.40. The summed E-state index contributed by atoms with van der Waals surface area (Å²) in [5.41, 5.74) is 3.32. The third kappa shape index (κ3) is 5.22. The van der Waals surface area contributed by atoms with Crippen LogP contribution in [0.2, 0.25) is 0 Å². The van der Waals surface area contributed by atoms with Crippen molar-refractivity contribution < 1.29 is 19.1 Å². The quantitative estimate of drug-likeness (QED) is 0.554. The minimum Gasteiger partial charge on any atom is -0.444 e. The van der Waals surface area contributed by atoms with Crippen LogP contribution in [0.25, 0.3) is 5.65 Å². The minimum atomic E-state index is -0.630. The molecule has 2 heterocycles. The normalized spacial score (nSPS) is 13.6. The van der Waals surface area contributed by atoms with Crippen LogP contribution in [-0.2, 0) is 16.1 Å². The summed E-state index contributed by atoms with van der Waals surface area (Å²) in [6.07, 6.45) is 5.92. The SMILES string of the molecule is Cc1ccccc1C(=O)N(C=O)Cc1cn2cc(C3CC3)cc(NC(=O)OC(C)(C)C)c2n1. The number of aryl methyl sites for hydroxylation is 1. The van der Waals surface area contributed by atoms with E-state index in [1.54, 1.807) is 39.1 Å². The maximum absolute atomic E-state index is 12.9. The van der Waals surface area contributed by atoms with Crippen molar-refractivity contribution in [3.05, 3.63) is 65.1 Å². The Morgan fingerprint density at radius 2 is 1.97 bits per heavy atom. The topological polar surface area (TPSA) is 93.0 Å². The standard InChI is InChI=1S/C25H28N4O4/c1-16-7-5-6-8-20(16)23(31)29(15-30)14-19-13-28-12-18(17-9-10-17)11-21(22(28)26-19)27-24(32)33-25(2,3)4/h5-8,11-13,15,17H,9-10,14H2,1-4H3,(H,27,32). The van der Waals surface area contributed by atoms with E-state index in [0.29, 0.717) is 34.9 Å². The summed E-state index contributed by atoms with van der Waals surface area (Å²) in [7, 11) is 0. The number of anilines is 1. The van der Waals surface area contributed by atoms with E-state index >= 15 is 0 Å². The molecule has 1 aromatic carbocycles. The van der Waals surface area contributed by atoms with E-state index in [0.717, 1.165) is 28.9 Å². The number of ether oxygens (including phenoxy) is 1. The van der Waals surface area contributed by atoms with Gasteiger partial charge in [-0.2, -0.15) is 0 Å². The van der Waals surface area contributed by atoms with Crippen molar-refractivity contribution in [1.82, 2.24) is 14.3 Å². The fourth-order valence-electron chi connectivity index (χ4n) is 3.69. The van der Waals surface area contributed by atoms with E-state index in [-0.39, 0.29) is 12.5 Å². The zero-order valence-electron chi connectivity index (χ0n) is 19.3. The highest BCUT2D eigenvalue weighted by molar-refractivity contribution is 6.00. The maximum atomic E-state index is 12.9. The van der Waals surface area contributed by atoms with Gasteiger partial charge in [-0.1, -0.05) is 18.2 Å². The highest BCUT2D eigenvalue weighted by Crippen LogP contribution is 2.41. The van der Waals surface area contributed by atoms with Crippen molar-refractivity contribution in [1.29, 1.82) is 0 Å². The highest BCUT2D eigenvalue weighted by atomic mass is 16.6. The van der Waals surface area contributed by atoms with E-state index < -0.39 is 11.7 Å². The van der Waals surface area contributed by atoms with Gasteiger partial charge >= 0.3 is 6.09 Å². The van der Waals surface area contributed by atoms with Crippen LogP contribution in [0.15, 0.2) is 42.7 Å². The van der Waals surface area contributed by atoms with Crippen LogP contribution in [0.1, 0.15) is 66.7 Å². The fourth-order valence-corrected chi connectivity index (χ4v) is 3.69. The summed E-state index contributed by atoms with van der Waals surface area (Å²) in [6, 6.07) is 9.06. The largest absolute Gasteiger partial charge is 0.444 e. The molecule has 1 saturated carbocycles. The molecule has 0 radical (unpaired) electrons. The van der Waals surface area contributed by atoms with Gasteiger partial charge in [0.1, 0.15) is 5.60 Å². The Balaban J connectivity index is 1.63. The summed E-state index contributed by atoms with van der Waals surface area (Å²) in [4.78, 5) is 42.8. The summed E-state index contributed by atoms with van der Waals surface area (Å²) in [5.74, 6) is 0.0690. The molecule has 33 heavy (non-hydrogen) atoms. The second-order valence-corrected chi connectivity index (χ2v) is 9.40. The van der Waals surface area contributed by atoms with Crippen LogP contribution in [0.3, 0.4) is 0 Å². The number of hydrogen-bond acceptors (Lipinski definition) is 5. The number of pyridine rings is 1. The number of nitrogens with one attached hydrogen (secondary N) is 1. The lowest BCUT2D eigenvalue weighted by Crippen LogP contribution is -2.29. The molecule has 4 rings (SSSR count). The molecule has 2 aromatic heterocycles. The number of carbonyl (C=O) groups is 3. The first-order valence-corrected chi connectivity index (χ1v) is 11.0. The molecule has 0 atom stereocenters. The van der Waals surface area contributed by atoms with Gasteiger partial charge in [-0.05, 0) is 69.7 Å². The maximum Gasteiger partial charge on any atom is 0.412 e. The Morgan fingerprint density at radius 3 is 2.61 bits per heavy atom. The smallest absolute Gasteiger partial charge is 0.412 e. The monoisotopic (exact) mass is 448 g/mol. The molecule has 1 fully saturated rings. The van der Waals surface area contributed by atoms with E-state index in [4.69, 9.17) is 4.74 Å². The number of hydrogen-bond donors (Lipinski definition) is 1. The summed E-state index contributed by atoms with van der Waals surface area (Å²) < 4.78 is 7.23. The Morgan fingerprint density at radius 1 is 1.24 bits per heavy atom. The Kier molecular flexibility index (Phi) is 5.93. The summed E-state index contributed by atoms with van der Waals surface area (Å²) in [6.45, 7) is 7.25. The van der Waals surface area contributed by atoms with E-state index in [9.17, 15) is 14.4 Å². The molecule has 0 spiro atoms. The van der Waals surface area contributed by atoms with Crippen molar-refractivity contribution in [2.24, 2.45) is 0 Å². The fraction of sp³-hybridized carbons (Fsp3) is 0.360. The number of rotatable bonds is 6. The number of amides is 3. The van der Waals surface area contributed by atoms with Gasteiger partial charge in [0.15, 0.2) is 5.65 Å². The molecule has 0 bridgehead atoms. The van der Waals surface area contributed by atoms with E-state index in [1.807, 2.05) is 35.7 Å². The number of nitrogens with zero attached hydrogens (tertiary/aromatic N) is 3.